The predicted octanol–water partition coefficient (Wildman–Crippen LogP) is 3.07. The molecule has 1 aromatic heterocycles. The van der Waals surface area contributed by atoms with E-state index in [4.69, 9.17) is 0 Å². The van der Waals surface area contributed by atoms with Gasteiger partial charge in [0.2, 0.25) is 0 Å². The van der Waals surface area contributed by atoms with E-state index in [1.54, 1.807) is 12.3 Å². The third kappa shape index (κ3) is 2.20. The van der Waals surface area contributed by atoms with Gasteiger partial charge in [-0.1, -0.05) is 13.0 Å². The van der Waals surface area contributed by atoms with Crippen molar-refractivity contribution < 1.29 is 14.3 Å². The first kappa shape index (κ1) is 13.4. The first-order chi connectivity index (χ1) is 10.1. The molecule has 4 nitrogen and oxygen atoms in total. The van der Waals surface area contributed by atoms with Crippen LogP contribution in [0.2, 0.25) is 0 Å². The number of rotatable bonds is 3. The number of carboxylic acid groups (broad SMARTS) is 1. The summed E-state index contributed by atoms with van der Waals surface area (Å²) in [4.78, 5) is 14.3. The molecule has 0 radical (unpaired) electrons. The molecule has 1 aromatic carbocycles. The Labute approximate surface area is 121 Å². The molecule has 5 heteroatoms. The number of benzene rings is 1. The summed E-state index contributed by atoms with van der Waals surface area (Å²) < 4.78 is 13.9. The number of hydrogen-bond acceptors (Lipinski definition) is 2. The molecule has 0 atom stereocenters. The van der Waals surface area contributed by atoms with Gasteiger partial charge in [0, 0.05) is 23.0 Å². The summed E-state index contributed by atoms with van der Waals surface area (Å²) in [7, 11) is 0. The monoisotopic (exact) mass is 286 g/mol. The molecule has 2 aromatic rings. The number of aromatic amines is 1. The lowest BCUT2D eigenvalue weighted by molar-refractivity contribution is 0.0691. The zero-order valence-electron chi connectivity index (χ0n) is 11.5. The topological polar surface area (TPSA) is 65.1 Å². The van der Waals surface area contributed by atoms with Gasteiger partial charge in [0.1, 0.15) is 11.5 Å². The van der Waals surface area contributed by atoms with Crippen LogP contribution in [0.1, 0.15) is 28.5 Å². The van der Waals surface area contributed by atoms with E-state index in [-0.39, 0.29) is 11.5 Å². The molecule has 2 heterocycles. The number of carboxylic acids is 1. The van der Waals surface area contributed by atoms with Gasteiger partial charge < -0.3 is 15.4 Å². The predicted molar refractivity (Wildman–Crippen MR) is 79.7 cm³/mol. The van der Waals surface area contributed by atoms with Crippen LogP contribution in [0.4, 0.5) is 4.39 Å². The number of allylic oxidation sites excluding steroid dienone is 2. The Balaban J connectivity index is 2.33. The van der Waals surface area contributed by atoms with E-state index in [0.717, 1.165) is 11.0 Å². The summed E-state index contributed by atoms with van der Waals surface area (Å²) >= 11 is 0. The minimum atomic E-state index is -1.05. The lowest BCUT2D eigenvalue weighted by Crippen LogP contribution is -2.13. The number of carbonyl (C=O) groups is 1. The second-order valence-corrected chi connectivity index (χ2v) is 4.95. The standard InChI is InChI=1S/C16H15FN2O2/c1-2-9-6-11-13(7-12(9)17)19-15(16(20)21)14(11)10-4-3-5-18-8-10/h3-7,18-19H,2,8H2,1H3,(H,20,21). The number of aromatic carboxylic acids is 1. The van der Waals surface area contributed by atoms with Crippen molar-refractivity contribution in [3.05, 3.63) is 53.1 Å². The quantitative estimate of drug-likeness (QED) is 0.812. The molecular formula is C16H15FN2O2. The highest BCUT2D eigenvalue weighted by atomic mass is 19.1. The van der Waals surface area contributed by atoms with Gasteiger partial charge in [-0.15, -0.1) is 0 Å². The van der Waals surface area contributed by atoms with E-state index in [0.29, 0.717) is 29.6 Å². The van der Waals surface area contributed by atoms with Crippen molar-refractivity contribution in [2.75, 3.05) is 6.54 Å². The van der Waals surface area contributed by atoms with E-state index < -0.39 is 5.97 Å². The Hall–Kier alpha value is -2.56. The molecule has 0 saturated heterocycles. The van der Waals surface area contributed by atoms with Gasteiger partial charge in [-0.05, 0) is 42.0 Å². The molecule has 0 saturated carbocycles. The number of fused-ring (bicyclic) bond motifs is 1. The zero-order chi connectivity index (χ0) is 15.0. The summed E-state index contributed by atoms with van der Waals surface area (Å²) in [6.45, 7) is 2.42. The maximum absolute atomic E-state index is 13.9. The van der Waals surface area contributed by atoms with E-state index in [9.17, 15) is 14.3 Å². The lowest BCUT2D eigenvalue weighted by Gasteiger charge is -2.11. The van der Waals surface area contributed by atoms with E-state index in [1.165, 1.54) is 6.07 Å². The summed E-state index contributed by atoms with van der Waals surface area (Å²) in [5.74, 6) is -1.36. The van der Waals surface area contributed by atoms with Crippen LogP contribution in [0.25, 0.3) is 16.5 Å². The van der Waals surface area contributed by atoms with Gasteiger partial charge in [0.05, 0.1) is 0 Å². The highest BCUT2D eigenvalue weighted by molar-refractivity contribution is 6.05. The van der Waals surface area contributed by atoms with Crippen molar-refractivity contribution in [1.29, 1.82) is 0 Å². The average Bonchev–Trinajstić information content (AvgIpc) is 2.85. The van der Waals surface area contributed by atoms with Gasteiger partial charge >= 0.3 is 5.97 Å². The SMILES string of the molecule is CCc1cc2c(C3=CC=CNC3)c(C(=O)O)[nH]c2cc1F. The van der Waals surface area contributed by atoms with Crippen molar-refractivity contribution in [3.63, 3.8) is 0 Å². The molecule has 3 rings (SSSR count). The van der Waals surface area contributed by atoms with Gasteiger partial charge in [0.15, 0.2) is 0 Å². The summed E-state index contributed by atoms with van der Waals surface area (Å²) in [5, 5.41) is 13.2. The van der Waals surface area contributed by atoms with E-state index in [1.807, 2.05) is 19.1 Å². The molecule has 0 fully saturated rings. The normalized spacial score (nSPS) is 14.1. The molecule has 0 unspecified atom stereocenters. The van der Waals surface area contributed by atoms with Crippen molar-refractivity contribution in [3.8, 4) is 0 Å². The number of dihydropyridines is 1. The molecule has 3 N–H and O–H groups in total. The van der Waals surface area contributed by atoms with Gasteiger partial charge in [0.25, 0.3) is 0 Å². The Morgan fingerprint density at radius 3 is 2.86 bits per heavy atom. The number of halogens is 1. The van der Waals surface area contributed by atoms with Crippen LogP contribution in [0.3, 0.4) is 0 Å². The highest BCUT2D eigenvalue weighted by Gasteiger charge is 2.21. The maximum atomic E-state index is 13.9. The third-order valence-corrected chi connectivity index (χ3v) is 3.69. The van der Waals surface area contributed by atoms with Crippen molar-refractivity contribution in [1.82, 2.24) is 10.3 Å². The molecule has 0 bridgehead atoms. The molecular weight excluding hydrogens is 271 g/mol. The largest absolute Gasteiger partial charge is 0.477 e. The van der Waals surface area contributed by atoms with Crippen molar-refractivity contribution in [2.24, 2.45) is 0 Å². The molecule has 0 spiro atoms. The van der Waals surface area contributed by atoms with Gasteiger partial charge in [-0.3, -0.25) is 0 Å². The number of aromatic nitrogens is 1. The van der Waals surface area contributed by atoms with Crippen LogP contribution in [-0.2, 0) is 6.42 Å². The van der Waals surface area contributed by atoms with Crippen molar-refractivity contribution >= 4 is 22.4 Å². The van der Waals surface area contributed by atoms with Gasteiger partial charge in [-0.25, -0.2) is 9.18 Å². The minimum absolute atomic E-state index is 0.0982. The number of aryl methyl sites for hydroxylation is 1. The third-order valence-electron chi connectivity index (χ3n) is 3.69. The average molecular weight is 286 g/mol. The molecule has 21 heavy (non-hydrogen) atoms. The highest BCUT2D eigenvalue weighted by Crippen LogP contribution is 2.31. The first-order valence-corrected chi connectivity index (χ1v) is 6.78. The molecule has 0 amide bonds. The second kappa shape index (κ2) is 5.09. The smallest absolute Gasteiger partial charge is 0.352 e. The number of H-pyrrole nitrogens is 1. The molecule has 0 aliphatic carbocycles. The van der Waals surface area contributed by atoms with Gasteiger partial charge in [-0.2, -0.15) is 0 Å². The fourth-order valence-electron chi connectivity index (χ4n) is 2.66. The molecule has 108 valence electrons. The lowest BCUT2D eigenvalue weighted by atomic mass is 9.98. The Morgan fingerprint density at radius 1 is 1.43 bits per heavy atom. The summed E-state index contributed by atoms with van der Waals surface area (Å²) in [5.41, 5.74) is 2.69. The van der Waals surface area contributed by atoms with Crippen LogP contribution in [0.15, 0.2) is 30.5 Å². The van der Waals surface area contributed by atoms with E-state index >= 15 is 0 Å². The fraction of sp³-hybridized carbons (Fsp3) is 0.188. The second-order valence-electron chi connectivity index (χ2n) is 4.95. The van der Waals surface area contributed by atoms with Crippen LogP contribution in [0.5, 0.6) is 0 Å². The summed E-state index contributed by atoms with van der Waals surface area (Å²) in [6.07, 6.45) is 6.07. The Bertz CT molecular complexity index is 787. The van der Waals surface area contributed by atoms with Crippen LogP contribution >= 0.6 is 0 Å². The van der Waals surface area contributed by atoms with Crippen molar-refractivity contribution in [2.45, 2.75) is 13.3 Å². The number of nitrogens with one attached hydrogen (secondary N) is 2. The first-order valence-electron chi connectivity index (χ1n) is 6.78. The maximum Gasteiger partial charge on any atom is 0.352 e. The minimum Gasteiger partial charge on any atom is -0.477 e. The molecule has 1 aliphatic heterocycles. The van der Waals surface area contributed by atoms with E-state index in [2.05, 4.69) is 10.3 Å². The Kier molecular flexibility index (Phi) is 3.25. The summed E-state index contributed by atoms with van der Waals surface area (Å²) in [6, 6.07) is 3.11. The Morgan fingerprint density at radius 2 is 2.24 bits per heavy atom. The van der Waals surface area contributed by atoms with Crippen LogP contribution in [-0.4, -0.2) is 22.6 Å². The zero-order valence-corrected chi connectivity index (χ0v) is 11.5. The fourth-order valence-corrected chi connectivity index (χ4v) is 2.66. The van der Waals surface area contributed by atoms with Crippen LogP contribution < -0.4 is 5.32 Å². The molecule has 1 aliphatic rings. The van der Waals surface area contributed by atoms with Crippen LogP contribution in [0, 0.1) is 5.82 Å². The number of hydrogen-bond donors (Lipinski definition) is 3.